The summed E-state index contributed by atoms with van der Waals surface area (Å²) >= 11 is 0. The minimum absolute atomic E-state index is 0.0986. The Kier molecular flexibility index (Phi) is 6.31. The molecule has 1 heterocycles. The molecule has 0 atom stereocenters. The molecule has 0 spiro atoms. The topological polar surface area (TPSA) is 83.7 Å². The molecule has 0 fully saturated rings. The van der Waals surface area contributed by atoms with Gasteiger partial charge >= 0.3 is 0 Å². The number of hydrazone groups is 1. The number of carbonyl (C=O) groups is 2. The molecule has 2 amide bonds. The van der Waals surface area contributed by atoms with Crippen LogP contribution in [0.25, 0.3) is 0 Å². The maximum absolute atomic E-state index is 12.0. The van der Waals surface area contributed by atoms with Crippen LogP contribution in [0.1, 0.15) is 49.2 Å². The summed E-state index contributed by atoms with van der Waals surface area (Å²) in [5.41, 5.74) is 4.64. The highest BCUT2D eigenvalue weighted by Crippen LogP contribution is 2.13. The van der Waals surface area contributed by atoms with E-state index in [4.69, 9.17) is 4.42 Å². The molecule has 1 aromatic carbocycles. The van der Waals surface area contributed by atoms with E-state index in [0.29, 0.717) is 17.8 Å². The number of unbranched alkanes of at least 4 members (excludes halogenated alkanes) is 1. The van der Waals surface area contributed by atoms with Crippen LogP contribution in [-0.4, -0.2) is 17.5 Å². The van der Waals surface area contributed by atoms with Gasteiger partial charge in [-0.25, -0.2) is 5.43 Å². The Balaban J connectivity index is 2.01. The largest absolute Gasteiger partial charge is 0.459 e. The monoisotopic (exact) mass is 327 g/mol. The molecule has 2 N–H and O–H groups in total. The van der Waals surface area contributed by atoms with Gasteiger partial charge in [0.1, 0.15) is 0 Å². The first-order chi connectivity index (χ1) is 11.6. The minimum atomic E-state index is -0.320. The van der Waals surface area contributed by atoms with Crippen molar-refractivity contribution in [2.75, 3.05) is 5.32 Å². The van der Waals surface area contributed by atoms with Gasteiger partial charge in [0.25, 0.3) is 5.91 Å². The van der Waals surface area contributed by atoms with Gasteiger partial charge in [-0.15, -0.1) is 0 Å². The van der Waals surface area contributed by atoms with Crippen LogP contribution in [0.4, 0.5) is 5.69 Å². The highest BCUT2D eigenvalue weighted by molar-refractivity contribution is 6.04. The van der Waals surface area contributed by atoms with Crippen LogP contribution >= 0.6 is 0 Å². The number of carbonyl (C=O) groups excluding carboxylic acids is 2. The van der Waals surface area contributed by atoms with Crippen molar-refractivity contribution in [3.63, 3.8) is 0 Å². The van der Waals surface area contributed by atoms with Gasteiger partial charge in [0.05, 0.1) is 12.0 Å². The summed E-state index contributed by atoms with van der Waals surface area (Å²) in [4.78, 5) is 23.6. The highest BCUT2D eigenvalue weighted by Gasteiger charge is 2.09. The fourth-order valence-corrected chi connectivity index (χ4v) is 2.03. The smallest absolute Gasteiger partial charge is 0.291 e. The van der Waals surface area contributed by atoms with Crippen molar-refractivity contribution in [2.24, 2.45) is 5.10 Å². The summed E-state index contributed by atoms with van der Waals surface area (Å²) in [6.07, 6.45) is 3.72. The van der Waals surface area contributed by atoms with Crippen LogP contribution in [-0.2, 0) is 4.79 Å². The quantitative estimate of drug-likeness (QED) is 0.602. The number of nitrogens with zero attached hydrogens (tertiary/aromatic N) is 1. The number of hydrogen-bond donors (Lipinski definition) is 2. The SMILES string of the molecule is CCCCC(=O)N/N=C(/C)c1cccc(NC(=O)c2ccco2)c1. The van der Waals surface area contributed by atoms with Crippen molar-refractivity contribution >= 4 is 23.2 Å². The summed E-state index contributed by atoms with van der Waals surface area (Å²) in [6.45, 7) is 3.83. The molecule has 24 heavy (non-hydrogen) atoms. The Morgan fingerprint density at radius 2 is 2.04 bits per heavy atom. The molecule has 2 rings (SSSR count). The van der Waals surface area contributed by atoms with Crippen molar-refractivity contribution < 1.29 is 14.0 Å². The summed E-state index contributed by atoms with van der Waals surface area (Å²) in [6, 6.07) is 10.5. The van der Waals surface area contributed by atoms with E-state index in [9.17, 15) is 9.59 Å². The average Bonchev–Trinajstić information content (AvgIpc) is 3.12. The fourth-order valence-electron chi connectivity index (χ4n) is 2.03. The molecule has 0 aliphatic heterocycles. The van der Waals surface area contributed by atoms with Crippen molar-refractivity contribution in [3.05, 3.63) is 54.0 Å². The second kappa shape index (κ2) is 8.67. The van der Waals surface area contributed by atoms with Gasteiger partial charge in [0.2, 0.25) is 5.91 Å². The number of benzene rings is 1. The molecule has 0 saturated carbocycles. The summed E-state index contributed by atoms with van der Waals surface area (Å²) in [5.74, 6) is -0.174. The Bertz CT molecular complexity index is 721. The number of anilines is 1. The number of hydrogen-bond acceptors (Lipinski definition) is 4. The third-order valence-corrected chi connectivity index (χ3v) is 3.39. The fraction of sp³-hybridized carbons (Fsp3) is 0.278. The number of amides is 2. The maximum atomic E-state index is 12.0. The number of furan rings is 1. The van der Waals surface area contributed by atoms with Crippen molar-refractivity contribution in [2.45, 2.75) is 33.1 Å². The van der Waals surface area contributed by atoms with E-state index in [1.54, 1.807) is 31.2 Å². The lowest BCUT2D eigenvalue weighted by molar-refractivity contribution is -0.121. The lowest BCUT2D eigenvalue weighted by Crippen LogP contribution is -2.18. The standard InChI is InChI=1S/C18H21N3O3/c1-3-4-10-17(22)21-20-13(2)14-7-5-8-15(12-14)19-18(23)16-9-6-11-24-16/h5-9,11-12H,3-4,10H2,1-2H3,(H,19,23)(H,21,22)/b20-13-. The molecule has 126 valence electrons. The van der Waals surface area contributed by atoms with Crippen LogP contribution in [0.3, 0.4) is 0 Å². The minimum Gasteiger partial charge on any atom is -0.459 e. The first-order valence-electron chi connectivity index (χ1n) is 7.88. The zero-order chi connectivity index (χ0) is 17.4. The normalized spacial score (nSPS) is 11.2. The Labute approximate surface area is 140 Å². The molecule has 6 nitrogen and oxygen atoms in total. The van der Waals surface area contributed by atoms with E-state index >= 15 is 0 Å². The van der Waals surface area contributed by atoms with Gasteiger partial charge in [-0.3, -0.25) is 9.59 Å². The molecule has 1 aromatic heterocycles. The summed E-state index contributed by atoms with van der Waals surface area (Å²) in [7, 11) is 0. The van der Waals surface area contributed by atoms with Crippen LogP contribution < -0.4 is 10.7 Å². The van der Waals surface area contributed by atoms with E-state index in [2.05, 4.69) is 15.8 Å². The molecule has 0 radical (unpaired) electrons. The zero-order valence-electron chi connectivity index (χ0n) is 13.8. The molecular weight excluding hydrogens is 306 g/mol. The first kappa shape index (κ1) is 17.5. The van der Waals surface area contributed by atoms with Crippen molar-refractivity contribution in [1.29, 1.82) is 0 Å². The molecule has 6 heteroatoms. The van der Waals surface area contributed by atoms with Crippen LogP contribution in [0.5, 0.6) is 0 Å². The van der Waals surface area contributed by atoms with Crippen LogP contribution in [0.15, 0.2) is 52.2 Å². The van der Waals surface area contributed by atoms with Crippen LogP contribution in [0, 0.1) is 0 Å². The second-order valence-electron chi connectivity index (χ2n) is 5.35. The number of nitrogens with one attached hydrogen (secondary N) is 2. The van der Waals surface area contributed by atoms with Crippen molar-refractivity contribution in [1.82, 2.24) is 5.43 Å². The molecule has 0 aliphatic rings. The molecule has 0 bridgehead atoms. The molecular formula is C18H21N3O3. The third-order valence-electron chi connectivity index (χ3n) is 3.39. The predicted octanol–water partition coefficient (Wildman–Crippen LogP) is 3.56. The molecule has 0 unspecified atom stereocenters. The van der Waals surface area contributed by atoms with Gasteiger partial charge in [-0.05, 0) is 43.2 Å². The second-order valence-corrected chi connectivity index (χ2v) is 5.35. The Morgan fingerprint density at radius 1 is 1.21 bits per heavy atom. The van der Waals surface area contributed by atoms with Gasteiger partial charge in [0.15, 0.2) is 5.76 Å². The van der Waals surface area contributed by atoms with Crippen molar-refractivity contribution in [3.8, 4) is 0 Å². The Hall–Kier alpha value is -2.89. The summed E-state index contributed by atoms with van der Waals surface area (Å²) < 4.78 is 5.06. The van der Waals surface area contributed by atoms with E-state index in [1.807, 2.05) is 19.1 Å². The van der Waals surface area contributed by atoms with E-state index in [-0.39, 0.29) is 17.6 Å². The van der Waals surface area contributed by atoms with Gasteiger partial charge in [0, 0.05) is 12.1 Å². The lowest BCUT2D eigenvalue weighted by atomic mass is 10.1. The summed E-state index contributed by atoms with van der Waals surface area (Å²) in [5, 5.41) is 6.86. The predicted molar refractivity (Wildman–Crippen MR) is 93.0 cm³/mol. The molecule has 0 saturated heterocycles. The lowest BCUT2D eigenvalue weighted by Gasteiger charge is -2.07. The maximum Gasteiger partial charge on any atom is 0.291 e. The average molecular weight is 327 g/mol. The number of rotatable bonds is 7. The zero-order valence-corrected chi connectivity index (χ0v) is 13.8. The first-order valence-corrected chi connectivity index (χ1v) is 7.88. The van der Waals surface area contributed by atoms with Crippen LogP contribution in [0.2, 0.25) is 0 Å². The van der Waals surface area contributed by atoms with E-state index < -0.39 is 0 Å². The van der Waals surface area contributed by atoms with E-state index in [0.717, 1.165) is 18.4 Å². The molecule has 0 aliphatic carbocycles. The highest BCUT2D eigenvalue weighted by atomic mass is 16.3. The van der Waals surface area contributed by atoms with Gasteiger partial charge < -0.3 is 9.73 Å². The molecule has 2 aromatic rings. The van der Waals surface area contributed by atoms with Gasteiger partial charge in [-0.2, -0.15) is 5.10 Å². The third kappa shape index (κ3) is 5.08. The Morgan fingerprint density at radius 3 is 2.75 bits per heavy atom. The van der Waals surface area contributed by atoms with E-state index in [1.165, 1.54) is 6.26 Å². The van der Waals surface area contributed by atoms with Gasteiger partial charge in [-0.1, -0.05) is 25.5 Å².